The maximum Gasteiger partial charge on any atom is 0.367 e. The Hall–Kier alpha value is -0.0500. The molecule has 0 N–H and O–H groups in total. The Morgan fingerprint density at radius 1 is 1.00 bits per heavy atom. The van der Waals surface area contributed by atoms with Crippen molar-refractivity contribution >= 4 is 18.4 Å². The molecule has 3 nitrogen and oxygen atoms in total. The summed E-state index contributed by atoms with van der Waals surface area (Å²) in [5, 5.41) is 0. The van der Waals surface area contributed by atoms with Gasteiger partial charge in [0.15, 0.2) is 0 Å². The van der Waals surface area contributed by atoms with Crippen LogP contribution in [0.1, 0.15) is 40.5 Å². The summed E-state index contributed by atoms with van der Waals surface area (Å²) in [6, 6.07) is 0. The summed E-state index contributed by atoms with van der Waals surface area (Å²) in [5.74, 6) is 1.90. The predicted molar refractivity (Wildman–Crippen MR) is 67.0 cm³/mol. The second kappa shape index (κ2) is 5.33. The fraction of sp³-hybridized carbons (Fsp3) is 0.800. The molecule has 1 aliphatic rings. The van der Waals surface area contributed by atoms with Gasteiger partial charge >= 0.3 is 6.64 Å². The van der Waals surface area contributed by atoms with Crippen molar-refractivity contribution in [2.75, 3.05) is 13.1 Å². The van der Waals surface area contributed by atoms with Crippen LogP contribution < -0.4 is 0 Å². The lowest BCUT2D eigenvalue weighted by molar-refractivity contribution is 0.334. The zero-order valence-electron chi connectivity index (χ0n) is 9.95. The largest absolute Gasteiger partial charge is 0.425 e. The zero-order valence-corrected chi connectivity index (χ0v) is 11.7. The molecule has 0 fully saturated rings. The normalized spacial score (nSPS) is 19.3. The summed E-state index contributed by atoms with van der Waals surface area (Å²) in [5.41, 5.74) is 0. The van der Waals surface area contributed by atoms with Crippen molar-refractivity contribution in [3.05, 3.63) is 11.5 Å². The minimum atomic E-state index is -2.23. The van der Waals surface area contributed by atoms with Crippen LogP contribution in [-0.2, 0) is 20.9 Å². The maximum atomic E-state index is 5.85. The van der Waals surface area contributed by atoms with Crippen molar-refractivity contribution in [3.8, 4) is 0 Å². The highest BCUT2D eigenvalue weighted by molar-refractivity contribution is 8.08. The summed E-state index contributed by atoms with van der Waals surface area (Å²) in [6.45, 7) is 7.83. The number of rotatable bonds is 5. The molecule has 0 aromatic rings. The van der Waals surface area contributed by atoms with E-state index in [1.54, 1.807) is 0 Å². The van der Waals surface area contributed by atoms with Crippen LogP contribution in [0.3, 0.4) is 0 Å². The summed E-state index contributed by atoms with van der Waals surface area (Å²) >= 11 is 5.52. The third-order valence-electron chi connectivity index (χ3n) is 2.48. The number of allylic oxidation sites excluding steroid dienone is 2. The summed E-state index contributed by atoms with van der Waals surface area (Å²) < 4.78 is 13.8. The average Bonchev–Trinajstić information content (AvgIpc) is 2.57. The van der Waals surface area contributed by atoms with Gasteiger partial charge in [-0.2, -0.15) is 0 Å². The Morgan fingerprint density at radius 2 is 1.40 bits per heavy atom. The molecular formula is C10H20NO2PS. The molecule has 1 aliphatic heterocycles. The van der Waals surface area contributed by atoms with E-state index in [9.17, 15) is 0 Å². The van der Waals surface area contributed by atoms with Gasteiger partial charge in [0.2, 0.25) is 0 Å². The first-order valence-corrected chi connectivity index (χ1v) is 8.16. The van der Waals surface area contributed by atoms with E-state index in [1.165, 1.54) is 0 Å². The van der Waals surface area contributed by atoms with E-state index >= 15 is 0 Å². The van der Waals surface area contributed by atoms with Crippen molar-refractivity contribution < 1.29 is 9.05 Å². The molecule has 0 unspecified atom stereocenters. The zero-order chi connectivity index (χ0) is 11.5. The van der Waals surface area contributed by atoms with E-state index in [2.05, 4.69) is 32.4 Å². The standard InChI is InChI=1S/C10H20NO2PS/c1-5-9-10(6-2)13-14(15,12-9)11(7-3)8-4/h5-8H2,1-4H3. The Labute approximate surface area is 97.7 Å². The van der Waals surface area contributed by atoms with E-state index in [0.717, 1.165) is 37.4 Å². The second-order valence-corrected chi connectivity index (χ2v) is 6.60. The van der Waals surface area contributed by atoms with Gasteiger partial charge in [-0.15, -0.1) is 0 Å². The lowest BCUT2D eigenvalue weighted by atomic mass is 10.3. The highest BCUT2D eigenvalue weighted by Crippen LogP contribution is 2.61. The van der Waals surface area contributed by atoms with Gasteiger partial charge in [0.1, 0.15) is 11.5 Å². The predicted octanol–water partition coefficient (Wildman–Crippen LogP) is 3.63. The van der Waals surface area contributed by atoms with E-state index < -0.39 is 6.64 Å². The third-order valence-corrected chi connectivity index (χ3v) is 5.78. The van der Waals surface area contributed by atoms with E-state index in [1.807, 2.05) is 0 Å². The Morgan fingerprint density at radius 3 is 1.67 bits per heavy atom. The molecule has 0 aliphatic carbocycles. The Bertz CT molecular complexity index is 280. The highest BCUT2D eigenvalue weighted by Gasteiger charge is 2.37. The van der Waals surface area contributed by atoms with Gasteiger partial charge in [-0.25, -0.2) is 4.67 Å². The highest BCUT2D eigenvalue weighted by atomic mass is 32.5. The fourth-order valence-electron chi connectivity index (χ4n) is 1.61. The van der Waals surface area contributed by atoms with E-state index in [-0.39, 0.29) is 0 Å². The van der Waals surface area contributed by atoms with Gasteiger partial charge in [-0.05, 0) is 0 Å². The van der Waals surface area contributed by atoms with Gasteiger partial charge in [0.05, 0.1) is 0 Å². The molecule has 88 valence electrons. The summed E-state index contributed by atoms with van der Waals surface area (Å²) in [6.07, 6.45) is 1.73. The van der Waals surface area contributed by atoms with Crippen LogP contribution >= 0.6 is 6.64 Å². The average molecular weight is 249 g/mol. The molecule has 0 saturated carbocycles. The van der Waals surface area contributed by atoms with E-state index in [0.29, 0.717) is 0 Å². The molecule has 0 radical (unpaired) electrons. The molecule has 0 atom stereocenters. The molecule has 0 bridgehead atoms. The first-order chi connectivity index (χ1) is 7.11. The van der Waals surface area contributed by atoms with Crippen LogP contribution in [0, 0.1) is 0 Å². The number of hydrogen-bond acceptors (Lipinski definition) is 3. The molecular weight excluding hydrogens is 229 g/mol. The fourth-order valence-corrected chi connectivity index (χ4v) is 4.82. The maximum absolute atomic E-state index is 5.85. The minimum Gasteiger partial charge on any atom is -0.425 e. The lowest BCUT2D eigenvalue weighted by Gasteiger charge is -2.27. The molecule has 0 aromatic carbocycles. The molecule has 0 saturated heterocycles. The second-order valence-electron chi connectivity index (χ2n) is 3.34. The monoisotopic (exact) mass is 249 g/mol. The van der Waals surface area contributed by atoms with Crippen LogP contribution in [0.4, 0.5) is 0 Å². The molecule has 15 heavy (non-hydrogen) atoms. The van der Waals surface area contributed by atoms with Crippen molar-refractivity contribution in [2.45, 2.75) is 40.5 Å². The molecule has 1 rings (SSSR count). The quantitative estimate of drug-likeness (QED) is 0.693. The smallest absolute Gasteiger partial charge is 0.367 e. The molecule has 5 heteroatoms. The van der Waals surface area contributed by atoms with Crippen LogP contribution in [0.15, 0.2) is 11.5 Å². The van der Waals surface area contributed by atoms with Gasteiger partial charge in [-0.3, -0.25) is 0 Å². The van der Waals surface area contributed by atoms with Gasteiger partial charge in [-0.1, -0.05) is 27.7 Å². The molecule has 0 aromatic heterocycles. The SMILES string of the molecule is CCC1=C(CC)OP(=S)(N(CC)CC)O1. The van der Waals surface area contributed by atoms with Crippen molar-refractivity contribution in [3.63, 3.8) is 0 Å². The summed E-state index contributed by atoms with van der Waals surface area (Å²) in [4.78, 5) is 0. The Kier molecular flexibility index (Phi) is 4.63. The molecule has 1 heterocycles. The van der Waals surface area contributed by atoms with Crippen molar-refractivity contribution in [2.24, 2.45) is 0 Å². The first kappa shape index (κ1) is 13.0. The van der Waals surface area contributed by atoms with Crippen molar-refractivity contribution in [1.29, 1.82) is 0 Å². The lowest BCUT2D eigenvalue weighted by Crippen LogP contribution is -2.19. The third kappa shape index (κ3) is 2.55. The molecule has 0 amide bonds. The topological polar surface area (TPSA) is 21.7 Å². The Balaban J connectivity index is 2.83. The number of nitrogens with zero attached hydrogens (tertiary/aromatic N) is 1. The number of hydrogen-bond donors (Lipinski definition) is 0. The van der Waals surface area contributed by atoms with Crippen LogP contribution in [-0.4, -0.2) is 17.8 Å². The van der Waals surface area contributed by atoms with Crippen LogP contribution in [0.25, 0.3) is 0 Å². The van der Waals surface area contributed by atoms with Gasteiger partial charge in [0, 0.05) is 37.7 Å². The van der Waals surface area contributed by atoms with Crippen LogP contribution in [0.2, 0.25) is 0 Å². The van der Waals surface area contributed by atoms with Gasteiger partial charge < -0.3 is 9.05 Å². The van der Waals surface area contributed by atoms with Crippen molar-refractivity contribution in [1.82, 2.24) is 4.67 Å². The van der Waals surface area contributed by atoms with Gasteiger partial charge in [0.25, 0.3) is 0 Å². The first-order valence-electron chi connectivity index (χ1n) is 5.57. The van der Waals surface area contributed by atoms with Crippen LogP contribution in [0.5, 0.6) is 0 Å². The van der Waals surface area contributed by atoms with E-state index in [4.69, 9.17) is 20.9 Å². The minimum absolute atomic E-state index is 0.864. The summed E-state index contributed by atoms with van der Waals surface area (Å²) in [7, 11) is 0. The molecule has 0 spiro atoms.